The molecule has 0 amide bonds. The maximum atomic E-state index is 3.63. The van der Waals surface area contributed by atoms with Crippen LogP contribution in [0.5, 0.6) is 0 Å². The average molecular weight is 217 g/mol. The Morgan fingerprint density at radius 2 is 1.88 bits per heavy atom. The molecule has 1 aromatic rings. The van der Waals surface area contributed by atoms with E-state index in [0.717, 1.165) is 18.9 Å². The van der Waals surface area contributed by atoms with Gasteiger partial charge in [0.2, 0.25) is 0 Å². The summed E-state index contributed by atoms with van der Waals surface area (Å²) in [5.41, 5.74) is 2.79. The van der Waals surface area contributed by atoms with Gasteiger partial charge in [0, 0.05) is 12.2 Å². The zero-order valence-electron chi connectivity index (χ0n) is 10.3. The summed E-state index contributed by atoms with van der Waals surface area (Å²) in [5.74, 6) is 0.902. The van der Waals surface area contributed by atoms with Crippen molar-refractivity contribution >= 4 is 5.69 Å². The maximum absolute atomic E-state index is 3.63. The molecule has 2 rings (SSSR count). The Bertz CT molecular complexity index is 313. The molecule has 0 bridgehead atoms. The molecule has 0 heterocycles. The summed E-state index contributed by atoms with van der Waals surface area (Å²) >= 11 is 0. The first-order valence-electron chi connectivity index (χ1n) is 6.72. The highest BCUT2D eigenvalue weighted by Gasteiger charge is 2.13. The molecule has 16 heavy (non-hydrogen) atoms. The van der Waals surface area contributed by atoms with Crippen molar-refractivity contribution < 1.29 is 0 Å². The molecule has 0 radical (unpaired) electrons. The quantitative estimate of drug-likeness (QED) is 0.795. The SMILES string of the molecule is CCc1ccccc1NCC1CCCCC1. The minimum absolute atomic E-state index is 0.902. The lowest BCUT2D eigenvalue weighted by atomic mass is 9.89. The van der Waals surface area contributed by atoms with E-state index in [1.54, 1.807) is 0 Å². The van der Waals surface area contributed by atoms with E-state index in [9.17, 15) is 0 Å². The molecule has 1 saturated carbocycles. The van der Waals surface area contributed by atoms with Crippen molar-refractivity contribution in [1.82, 2.24) is 0 Å². The van der Waals surface area contributed by atoms with Gasteiger partial charge in [-0.05, 0) is 36.8 Å². The van der Waals surface area contributed by atoms with Crippen molar-refractivity contribution in [2.75, 3.05) is 11.9 Å². The van der Waals surface area contributed by atoms with Crippen LogP contribution in [0, 0.1) is 5.92 Å². The first-order chi connectivity index (χ1) is 7.90. The molecule has 0 aliphatic heterocycles. The van der Waals surface area contributed by atoms with E-state index in [-0.39, 0.29) is 0 Å². The third-order valence-electron chi connectivity index (χ3n) is 3.70. The largest absolute Gasteiger partial charge is 0.385 e. The molecule has 0 atom stereocenters. The molecule has 1 heteroatoms. The van der Waals surface area contributed by atoms with Gasteiger partial charge in [-0.2, -0.15) is 0 Å². The van der Waals surface area contributed by atoms with E-state index in [1.807, 2.05) is 0 Å². The fraction of sp³-hybridized carbons (Fsp3) is 0.600. The number of hydrogen-bond acceptors (Lipinski definition) is 1. The number of hydrogen-bond donors (Lipinski definition) is 1. The lowest BCUT2D eigenvalue weighted by molar-refractivity contribution is 0.373. The van der Waals surface area contributed by atoms with Gasteiger partial charge >= 0.3 is 0 Å². The molecular formula is C15H23N. The summed E-state index contributed by atoms with van der Waals surface area (Å²) in [4.78, 5) is 0. The third kappa shape index (κ3) is 3.01. The van der Waals surface area contributed by atoms with Crippen molar-refractivity contribution in [2.24, 2.45) is 5.92 Å². The van der Waals surface area contributed by atoms with Gasteiger partial charge in [-0.25, -0.2) is 0 Å². The fourth-order valence-corrected chi connectivity index (χ4v) is 2.65. The molecule has 88 valence electrons. The highest BCUT2D eigenvalue weighted by molar-refractivity contribution is 5.51. The van der Waals surface area contributed by atoms with Gasteiger partial charge in [0.1, 0.15) is 0 Å². The van der Waals surface area contributed by atoms with Crippen molar-refractivity contribution in [2.45, 2.75) is 45.4 Å². The number of rotatable bonds is 4. The standard InChI is InChI=1S/C15H23N/c1-2-14-10-6-7-11-15(14)16-12-13-8-4-3-5-9-13/h6-7,10-11,13,16H,2-5,8-9,12H2,1H3. The van der Waals surface area contributed by atoms with Gasteiger partial charge in [0.25, 0.3) is 0 Å². The molecule has 0 unspecified atom stereocenters. The molecule has 0 spiro atoms. The average Bonchev–Trinajstić information content (AvgIpc) is 2.38. The van der Waals surface area contributed by atoms with Crippen LogP contribution in [0.25, 0.3) is 0 Å². The van der Waals surface area contributed by atoms with Crippen molar-refractivity contribution in [3.05, 3.63) is 29.8 Å². The summed E-state index contributed by atoms with van der Waals surface area (Å²) in [7, 11) is 0. The van der Waals surface area contributed by atoms with E-state index in [0.29, 0.717) is 0 Å². The monoisotopic (exact) mass is 217 g/mol. The van der Waals surface area contributed by atoms with Crippen LogP contribution in [0.2, 0.25) is 0 Å². The fourth-order valence-electron chi connectivity index (χ4n) is 2.65. The zero-order valence-corrected chi connectivity index (χ0v) is 10.3. The van der Waals surface area contributed by atoms with Crippen molar-refractivity contribution in [1.29, 1.82) is 0 Å². The Hall–Kier alpha value is -0.980. The van der Waals surface area contributed by atoms with E-state index >= 15 is 0 Å². The van der Waals surface area contributed by atoms with E-state index in [1.165, 1.54) is 43.4 Å². The number of aryl methyl sites for hydroxylation is 1. The Balaban J connectivity index is 1.88. The van der Waals surface area contributed by atoms with Crippen LogP contribution in [0.3, 0.4) is 0 Å². The number of para-hydroxylation sites is 1. The number of anilines is 1. The van der Waals surface area contributed by atoms with E-state index in [4.69, 9.17) is 0 Å². The van der Waals surface area contributed by atoms with Crippen LogP contribution in [-0.2, 0) is 6.42 Å². The van der Waals surface area contributed by atoms with Gasteiger partial charge in [0.15, 0.2) is 0 Å². The molecule has 1 N–H and O–H groups in total. The van der Waals surface area contributed by atoms with Crippen LogP contribution < -0.4 is 5.32 Å². The van der Waals surface area contributed by atoms with Crippen LogP contribution in [0.15, 0.2) is 24.3 Å². The van der Waals surface area contributed by atoms with Crippen molar-refractivity contribution in [3.63, 3.8) is 0 Å². The van der Waals surface area contributed by atoms with Gasteiger partial charge < -0.3 is 5.32 Å². The van der Waals surface area contributed by atoms with E-state index < -0.39 is 0 Å². The second kappa shape index (κ2) is 5.93. The predicted molar refractivity (Wildman–Crippen MR) is 70.9 cm³/mol. The number of benzene rings is 1. The van der Waals surface area contributed by atoms with Crippen LogP contribution in [0.1, 0.15) is 44.6 Å². The Morgan fingerprint density at radius 3 is 2.62 bits per heavy atom. The minimum Gasteiger partial charge on any atom is -0.385 e. The summed E-state index contributed by atoms with van der Waals surface area (Å²) in [6.07, 6.45) is 8.27. The van der Waals surface area contributed by atoms with Gasteiger partial charge in [-0.3, -0.25) is 0 Å². The second-order valence-corrected chi connectivity index (χ2v) is 4.90. The van der Waals surface area contributed by atoms with Crippen LogP contribution in [0.4, 0.5) is 5.69 Å². The zero-order chi connectivity index (χ0) is 11.2. The first kappa shape index (κ1) is 11.5. The minimum atomic E-state index is 0.902. The summed E-state index contributed by atoms with van der Waals surface area (Å²) in [6, 6.07) is 8.69. The Labute approximate surface area is 99.3 Å². The second-order valence-electron chi connectivity index (χ2n) is 4.90. The lowest BCUT2D eigenvalue weighted by Gasteiger charge is -2.23. The molecule has 1 fully saturated rings. The molecule has 1 aliphatic carbocycles. The van der Waals surface area contributed by atoms with Gasteiger partial charge in [-0.15, -0.1) is 0 Å². The Morgan fingerprint density at radius 1 is 1.12 bits per heavy atom. The van der Waals surface area contributed by atoms with Gasteiger partial charge in [0.05, 0.1) is 0 Å². The van der Waals surface area contributed by atoms with Crippen molar-refractivity contribution in [3.8, 4) is 0 Å². The van der Waals surface area contributed by atoms with Gasteiger partial charge in [-0.1, -0.05) is 44.4 Å². The summed E-state index contributed by atoms with van der Waals surface area (Å²) < 4.78 is 0. The highest BCUT2D eigenvalue weighted by Crippen LogP contribution is 2.24. The smallest absolute Gasteiger partial charge is 0.0372 e. The first-order valence-corrected chi connectivity index (χ1v) is 6.72. The Kier molecular flexibility index (Phi) is 4.26. The maximum Gasteiger partial charge on any atom is 0.0372 e. The third-order valence-corrected chi connectivity index (χ3v) is 3.70. The molecule has 0 aromatic heterocycles. The topological polar surface area (TPSA) is 12.0 Å². The van der Waals surface area contributed by atoms with Crippen LogP contribution >= 0.6 is 0 Å². The normalized spacial score (nSPS) is 17.3. The molecule has 0 saturated heterocycles. The number of nitrogens with one attached hydrogen (secondary N) is 1. The van der Waals surface area contributed by atoms with E-state index in [2.05, 4.69) is 36.5 Å². The molecular weight excluding hydrogens is 194 g/mol. The molecule has 1 aliphatic rings. The molecule has 1 nitrogen and oxygen atoms in total. The summed E-state index contributed by atoms with van der Waals surface area (Å²) in [5, 5.41) is 3.63. The highest BCUT2D eigenvalue weighted by atomic mass is 14.9. The predicted octanol–water partition coefficient (Wildman–Crippen LogP) is 4.24. The molecule has 1 aromatic carbocycles. The lowest BCUT2D eigenvalue weighted by Crippen LogP contribution is -2.17. The van der Waals surface area contributed by atoms with Crippen LogP contribution in [-0.4, -0.2) is 6.54 Å². The summed E-state index contributed by atoms with van der Waals surface area (Å²) in [6.45, 7) is 3.39.